The number of aliphatic hydroxyl groups excluding tert-OH is 1. The van der Waals surface area contributed by atoms with Gasteiger partial charge >= 0.3 is 0 Å². The molecule has 1 atom stereocenters. The Kier molecular flexibility index (Phi) is 7.01. The van der Waals surface area contributed by atoms with Gasteiger partial charge in [0, 0.05) is 5.69 Å². The van der Waals surface area contributed by atoms with E-state index in [0.29, 0.717) is 24.2 Å². The molecule has 3 nitrogen and oxygen atoms in total. The van der Waals surface area contributed by atoms with E-state index in [1.165, 1.54) is 53.5 Å². The SMILES string of the molecule is C=C(CC[C@H]1C(=O)N(c2ccc(F)cc2)C1=C=C/C=C(O)\C=C/C)c1ccc(F)cc1. The monoisotopic (exact) mass is 419 g/mol. The summed E-state index contributed by atoms with van der Waals surface area (Å²) in [6.07, 6.45) is 7.32. The Hall–Kier alpha value is -3.69. The first-order valence-corrected chi connectivity index (χ1v) is 9.92. The van der Waals surface area contributed by atoms with E-state index in [4.69, 9.17) is 0 Å². The average molecular weight is 419 g/mol. The van der Waals surface area contributed by atoms with Crippen LogP contribution in [-0.4, -0.2) is 11.0 Å². The van der Waals surface area contributed by atoms with E-state index in [0.717, 1.165) is 11.1 Å². The molecule has 31 heavy (non-hydrogen) atoms. The Balaban J connectivity index is 1.82. The molecule has 0 spiro atoms. The molecule has 5 heteroatoms. The molecule has 158 valence electrons. The number of aliphatic hydroxyl groups is 1. The molecule has 0 aromatic heterocycles. The van der Waals surface area contributed by atoms with Crippen LogP contribution in [0.2, 0.25) is 0 Å². The molecule has 1 aliphatic heterocycles. The Bertz CT molecular complexity index is 1090. The molecular formula is C26H23F2NO2. The van der Waals surface area contributed by atoms with Gasteiger partial charge in [0.15, 0.2) is 0 Å². The van der Waals surface area contributed by atoms with E-state index in [-0.39, 0.29) is 23.3 Å². The van der Waals surface area contributed by atoms with Gasteiger partial charge in [-0.1, -0.05) is 30.5 Å². The minimum Gasteiger partial charge on any atom is -0.508 e. The van der Waals surface area contributed by atoms with E-state index >= 15 is 0 Å². The molecule has 0 bridgehead atoms. The predicted octanol–water partition coefficient (Wildman–Crippen LogP) is 6.48. The zero-order chi connectivity index (χ0) is 22.4. The van der Waals surface area contributed by atoms with Gasteiger partial charge in [0.05, 0.1) is 11.6 Å². The molecule has 2 aromatic carbocycles. The number of carbonyl (C=O) groups excluding carboxylic acids is 1. The van der Waals surface area contributed by atoms with Gasteiger partial charge in [0.2, 0.25) is 5.91 Å². The first-order chi connectivity index (χ1) is 14.9. The van der Waals surface area contributed by atoms with Crippen LogP contribution in [0, 0.1) is 17.6 Å². The van der Waals surface area contributed by atoms with Crippen molar-refractivity contribution in [3.05, 3.63) is 114 Å². The molecule has 1 heterocycles. The zero-order valence-electron chi connectivity index (χ0n) is 17.2. The van der Waals surface area contributed by atoms with Gasteiger partial charge in [-0.3, -0.25) is 9.69 Å². The Morgan fingerprint density at radius 3 is 2.35 bits per heavy atom. The summed E-state index contributed by atoms with van der Waals surface area (Å²) >= 11 is 0. The number of halogens is 2. The van der Waals surface area contributed by atoms with Gasteiger partial charge in [-0.25, -0.2) is 8.78 Å². The van der Waals surface area contributed by atoms with E-state index in [2.05, 4.69) is 12.3 Å². The third kappa shape index (κ3) is 5.27. The Labute approximate surface area is 180 Å². The topological polar surface area (TPSA) is 40.5 Å². The number of carbonyl (C=O) groups is 1. The predicted molar refractivity (Wildman–Crippen MR) is 119 cm³/mol. The van der Waals surface area contributed by atoms with Gasteiger partial charge < -0.3 is 5.11 Å². The Morgan fingerprint density at radius 1 is 1.13 bits per heavy atom. The van der Waals surface area contributed by atoms with Crippen LogP contribution in [0.25, 0.3) is 5.57 Å². The number of amides is 1. The lowest BCUT2D eigenvalue weighted by Crippen LogP contribution is -2.50. The zero-order valence-corrected chi connectivity index (χ0v) is 17.2. The number of hydrogen-bond donors (Lipinski definition) is 1. The third-order valence-electron chi connectivity index (χ3n) is 4.98. The lowest BCUT2D eigenvalue weighted by atomic mass is 9.86. The summed E-state index contributed by atoms with van der Waals surface area (Å²) < 4.78 is 26.4. The van der Waals surface area contributed by atoms with Crippen LogP contribution in [0.5, 0.6) is 0 Å². The fourth-order valence-electron chi connectivity index (χ4n) is 3.35. The largest absolute Gasteiger partial charge is 0.508 e. The maximum Gasteiger partial charge on any atom is 0.241 e. The molecule has 1 saturated heterocycles. The van der Waals surface area contributed by atoms with Crippen LogP contribution in [0.15, 0.2) is 96.6 Å². The van der Waals surface area contributed by atoms with Crippen molar-refractivity contribution in [1.82, 2.24) is 0 Å². The lowest BCUT2D eigenvalue weighted by Gasteiger charge is -2.40. The van der Waals surface area contributed by atoms with E-state index < -0.39 is 5.92 Å². The maximum absolute atomic E-state index is 13.3. The number of benzene rings is 2. The van der Waals surface area contributed by atoms with Crippen LogP contribution < -0.4 is 4.90 Å². The molecule has 0 unspecified atom stereocenters. The van der Waals surface area contributed by atoms with Gasteiger partial charge in [-0.05, 0) is 85.5 Å². The first kappa shape index (κ1) is 22.0. The smallest absolute Gasteiger partial charge is 0.241 e. The van der Waals surface area contributed by atoms with Gasteiger partial charge in [-0.15, -0.1) is 0 Å². The number of β-lactam (4-membered cyclic amide) rings is 1. The minimum atomic E-state index is -0.407. The molecule has 1 aliphatic rings. The van der Waals surface area contributed by atoms with Crippen LogP contribution in [0.1, 0.15) is 25.3 Å². The molecule has 1 N–H and O–H groups in total. The first-order valence-electron chi connectivity index (χ1n) is 9.92. The number of rotatable bonds is 7. The van der Waals surface area contributed by atoms with Crippen LogP contribution >= 0.6 is 0 Å². The number of anilines is 1. The van der Waals surface area contributed by atoms with E-state index in [9.17, 15) is 18.7 Å². The number of hydrogen-bond acceptors (Lipinski definition) is 2. The summed E-state index contributed by atoms with van der Waals surface area (Å²) in [4.78, 5) is 14.3. The van der Waals surface area contributed by atoms with Crippen LogP contribution in [0.3, 0.4) is 0 Å². The molecule has 3 rings (SSSR count). The highest BCUT2D eigenvalue weighted by molar-refractivity contribution is 6.07. The van der Waals surface area contributed by atoms with Crippen LogP contribution in [0.4, 0.5) is 14.5 Å². The average Bonchev–Trinajstić information content (AvgIpc) is 2.75. The Morgan fingerprint density at radius 2 is 1.74 bits per heavy atom. The van der Waals surface area contributed by atoms with Crippen molar-refractivity contribution in [1.29, 1.82) is 0 Å². The highest BCUT2D eigenvalue weighted by Crippen LogP contribution is 2.39. The van der Waals surface area contributed by atoms with Crippen molar-refractivity contribution in [2.75, 3.05) is 4.90 Å². The summed E-state index contributed by atoms with van der Waals surface area (Å²) in [7, 11) is 0. The molecule has 2 aromatic rings. The molecule has 1 amide bonds. The number of nitrogens with zero attached hydrogens (tertiary/aromatic N) is 1. The van der Waals surface area contributed by atoms with Gasteiger partial charge in [0.1, 0.15) is 17.4 Å². The maximum atomic E-state index is 13.3. The second-order valence-electron chi connectivity index (χ2n) is 7.14. The quantitative estimate of drug-likeness (QED) is 0.242. The molecule has 0 aliphatic carbocycles. The summed E-state index contributed by atoms with van der Waals surface area (Å²) in [5.41, 5.74) is 5.89. The summed E-state index contributed by atoms with van der Waals surface area (Å²) in [6.45, 7) is 5.84. The van der Waals surface area contributed by atoms with Gasteiger partial charge in [-0.2, -0.15) is 0 Å². The fraction of sp³-hybridized carbons (Fsp3) is 0.154. The van der Waals surface area contributed by atoms with Crippen molar-refractivity contribution in [2.24, 2.45) is 5.92 Å². The highest BCUT2D eigenvalue weighted by Gasteiger charge is 2.43. The summed E-state index contributed by atoms with van der Waals surface area (Å²) in [5.74, 6) is -1.16. The van der Waals surface area contributed by atoms with Crippen molar-refractivity contribution in [2.45, 2.75) is 19.8 Å². The van der Waals surface area contributed by atoms with E-state index in [1.807, 2.05) is 0 Å². The molecule has 0 saturated carbocycles. The van der Waals surface area contributed by atoms with Crippen molar-refractivity contribution in [3.63, 3.8) is 0 Å². The van der Waals surface area contributed by atoms with Crippen molar-refractivity contribution in [3.8, 4) is 0 Å². The minimum absolute atomic E-state index is 0.0656. The summed E-state index contributed by atoms with van der Waals surface area (Å²) in [6, 6.07) is 11.8. The third-order valence-corrected chi connectivity index (χ3v) is 4.98. The van der Waals surface area contributed by atoms with Crippen molar-refractivity contribution < 1.29 is 18.7 Å². The highest BCUT2D eigenvalue weighted by atomic mass is 19.1. The molecular weight excluding hydrogens is 396 g/mol. The van der Waals surface area contributed by atoms with E-state index in [1.54, 1.807) is 31.2 Å². The second kappa shape index (κ2) is 9.88. The van der Waals surface area contributed by atoms with Crippen LogP contribution in [-0.2, 0) is 4.79 Å². The second-order valence-corrected chi connectivity index (χ2v) is 7.14. The van der Waals surface area contributed by atoms with Gasteiger partial charge in [0.25, 0.3) is 0 Å². The number of allylic oxidation sites excluding steroid dienone is 4. The standard InChI is InChI=1S/C26H23F2NO2/c1-3-5-23(30)6-4-7-25-24(17-8-18(2)19-9-11-20(27)12-10-19)26(31)29(25)22-15-13-21(28)14-16-22/h3-6,9-16,24,30H,2,8,17H2,1H3/b5-3-,23-6+/t7?,24-/m1/s1. The summed E-state index contributed by atoms with van der Waals surface area (Å²) in [5, 5.41) is 9.74. The molecule has 1 fully saturated rings. The normalized spacial score (nSPS) is 16.3. The fourth-order valence-corrected chi connectivity index (χ4v) is 3.35. The van der Waals surface area contributed by atoms with Crippen molar-refractivity contribution >= 4 is 17.2 Å². The molecule has 0 radical (unpaired) electrons. The lowest BCUT2D eigenvalue weighted by molar-refractivity contribution is -0.124.